The lowest BCUT2D eigenvalue weighted by Gasteiger charge is -2.30. The van der Waals surface area contributed by atoms with Gasteiger partial charge in [0.25, 0.3) is 11.6 Å². The van der Waals surface area contributed by atoms with E-state index in [0.717, 1.165) is 12.8 Å². The van der Waals surface area contributed by atoms with Gasteiger partial charge in [0.15, 0.2) is 0 Å². The fraction of sp³-hybridized carbons (Fsp3) is 0.429. The molecular formula is C14H18Cl2N4O4. The van der Waals surface area contributed by atoms with Crippen LogP contribution < -0.4 is 11.1 Å². The van der Waals surface area contributed by atoms with Crippen molar-refractivity contribution in [3.63, 3.8) is 0 Å². The zero-order chi connectivity index (χ0) is 17.0. The molecule has 132 valence electrons. The number of nitrogens with two attached hydrogens (primary N) is 1. The van der Waals surface area contributed by atoms with Crippen LogP contribution in [0.5, 0.6) is 0 Å². The lowest BCUT2D eigenvalue weighted by molar-refractivity contribution is -0.385. The van der Waals surface area contributed by atoms with Gasteiger partial charge in [-0.1, -0.05) is 17.7 Å². The van der Waals surface area contributed by atoms with Crippen molar-refractivity contribution < 1.29 is 14.5 Å². The van der Waals surface area contributed by atoms with Crippen LogP contribution in [-0.4, -0.2) is 47.3 Å². The van der Waals surface area contributed by atoms with Crippen LogP contribution in [0.1, 0.15) is 23.2 Å². The average Bonchev–Trinajstić information content (AvgIpc) is 2.51. The molecule has 1 atom stereocenters. The van der Waals surface area contributed by atoms with Gasteiger partial charge in [-0.2, -0.15) is 0 Å². The highest BCUT2D eigenvalue weighted by atomic mass is 35.5. The van der Waals surface area contributed by atoms with Crippen molar-refractivity contribution in [1.82, 2.24) is 10.2 Å². The number of halogens is 2. The molecule has 10 heteroatoms. The minimum absolute atomic E-state index is 0. The molecule has 1 heterocycles. The van der Waals surface area contributed by atoms with E-state index in [-0.39, 0.29) is 41.5 Å². The van der Waals surface area contributed by atoms with Crippen LogP contribution in [0, 0.1) is 10.1 Å². The van der Waals surface area contributed by atoms with Crippen molar-refractivity contribution in [1.29, 1.82) is 0 Å². The molecule has 2 amide bonds. The maximum Gasteiger partial charge on any atom is 0.283 e. The lowest BCUT2D eigenvalue weighted by Crippen LogP contribution is -2.49. The molecule has 1 aliphatic rings. The van der Waals surface area contributed by atoms with Gasteiger partial charge in [0.05, 0.1) is 16.5 Å². The van der Waals surface area contributed by atoms with Crippen LogP contribution >= 0.6 is 24.0 Å². The van der Waals surface area contributed by atoms with E-state index < -0.39 is 16.5 Å². The van der Waals surface area contributed by atoms with Crippen molar-refractivity contribution in [3.05, 3.63) is 38.9 Å². The van der Waals surface area contributed by atoms with Gasteiger partial charge in [-0.05, 0) is 18.9 Å². The summed E-state index contributed by atoms with van der Waals surface area (Å²) in [6.07, 6.45) is 1.68. The van der Waals surface area contributed by atoms with Crippen LogP contribution in [0.4, 0.5) is 5.69 Å². The molecule has 1 unspecified atom stereocenters. The summed E-state index contributed by atoms with van der Waals surface area (Å²) < 4.78 is 0. The summed E-state index contributed by atoms with van der Waals surface area (Å²) in [5, 5.41) is 13.3. The Morgan fingerprint density at radius 3 is 2.79 bits per heavy atom. The molecule has 0 bridgehead atoms. The summed E-state index contributed by atoms with van der Waals surface area (Å²) in [6, 6.07) is 3.90. The number of nitro groups is 1. The van der Waals surface area contributed by atoms with Crippen molar-refractivity contribution in [2.45, 2.75) is 18.9 Å². The van der Waals surface area contributed by atoms with Gasteiger partial charge in [-0.25, -0.2) is 0 Å². The molecule has 1 aliphatic heterocycles. The van der Waals surface area contributed by atoms with Crippen LogP contribution in [-0.2, 0) is 4.79 Å². The number of rotatable bonds is 4. The summed E-state index contributed by atoms with van der Waals surface area (Å²) in [5.74, 6) is -1.03. The highest BCUT2D eigenvalue weighted by Crippen LogP contribution is 2.25. The molecule has 0 aromatic heterocycles. The Balaban J connectivity index is 0.00000288. The normalized spacial score (nSPS) is 16.9. The molecule has 3 N–H and O–H groups in total. The van der Waals surface area contributed by atoms with Crippen LogP contribution in [0.15, 0.2) is 18.2 Å². The predicted octanol–water partition coefficient (Wildman–Crippen LogP) is 1.35. The molecule has 0 spiro atoms. The average molecular weight is 377 g/mol. The zero-order valence-corrected chi connectivity index (χ0v) is 14.3. The third-order valence-corrected chi connectivity index (χ3v) is 3.94. The largest absolute Gasteiger partial charge is 0.343 e. The highest BCUT2D eigenvalue weighted by molar-refractivity contribution is 6.34. The Bertz CT molecular complexity index is 641. The van der Waals surface area contributed by atoms with Crippen molar-refractivity contribution in [2.75, 3.05) is 19.6 Å². The molecule has 24 heavy (non-hydrogen) atoms. The molecule has 1 aromatic rings. The van der Waals surface area contributed by atoms with E-state index in [1.54, 1.807) is 4.90 Å². The number of likely N-dealkylation sites (tertiary alicyclic amines) is 1. The van der Waals surface area contributed by atoms with Gasteiger partial charge in [0.1, 0.15) is 5.56 Å². The van der Waals surface area contributed by atoms with Gasteiger partial charge in [0, 0.05) is 25.2 Å². The fourth-order valence-electron chi connectivity index (χ4n) is 2.48. The van der Waals surface area contributed by atoms with Crippen molar-refractivity contribution in [2.24, 2.45) is 5.73 Å². The van der Waals surface area contributed by atoms with Gasteiger partial charge >= 0.3 is 0 Å². The summed E-state index contributed by atoms with van der Waals surface area (Å²) in [4.78, 5) is 36.1. The molecule has 1 saturated heterocycles. The van der Waals surface area contributed by atoms with E-state index in [2.05, 4.69) is 5.32 Å². The van der Waals surface area contributed by atoms with E-state index in [9.17, 15) is 19.7 Å². The Morgan fingerprint density at radius 2 is 2.17 bits per heavy atom. The first-order valence-electron chi connectivity index (χ1n) is 7.14. The second-order valence-electron chi connectivity index (χ2n) is 5.32. The zero-order valence-electron chi connectivity index (χ0n) is 12.7. The number of nitrogens with zero attached hydrogens (tertiary/aromatic N) is 2. The van der Waals surface area contributed by atoms with Gasteiger partial charge in [-0.3, -0.25) is 19.7 Å². The third kappa shape index (κ3) is 4.80. The van der Waals surface area contributed by atoms with E-state index in [1.807, 2.05) is 0 Å². The van der Waals surface area contributed by atoms with Gasteiger partial charge in [0.2, 0.25) is 5.91 Å². The van der Waals surface area contributed by atoms with E-state index in [1.165, 1.54) is 18.2 Å². The topological polar surface area (TPSA) is 119 Å². The third-order valence-electron chi connectivity index (χ3n) is 3.63. The quantitative estimate of drug-likeness (QED) is 0.607. The van der Waals surface area contributed by atoms with E-state index >= 15 is 0 Å². The Morgan fingerprint density at radius 1 is 1.46 bits per heavy atom. The lowest BCUT2D eigenvalue weighted by atomic mass is 10.1. The number of carbonyl (C=O) groups is 2. The minimum Gasteiger partial charge on any atom is -0.343 e. The molecule has 0 aliphatic carbocycles. The standard InChI is InChI=1S/C14H17ClN4O4.ClH/c15-10-4-1-5-11(19(22)23)13(10)14(21)17-7-12(20)18-6-2-3-9(16)8-18;/h1,4-5,9H,2-3,6-8,16H2,(H,17,21);1H. The molecule has 0 saturated carbocycles. The number of hydrogen-bond acceptors (Lipinski definition) is 5. The summed E-state index contributed by atoms with van der Waals surface area (Å²) in [6.45, 7) is 0.781. The molecule has 2 rings (SSSR count). The summed E-state index contributed by atoms with van der Waals surface area (Å²) >= 11 is 5.87. The highest BCUT2D eigenvalue weighted by Gasteiger charge is 2.25. The molecule has 1 aromatic carbocycles. The fourth-order valence-corrected chi connectivity index (χ4v) is 2.74. The number of amides is 2. The smallest absolute Gasteiger partial charge is 0.283 e. The first kappa shape index (κ1) is 20.1. The predicted molar refractivity (Wildman–Crippen MR) is 91.5 cm³/mol. The van der Waals surface area contributed by atoms with Crippen LogP contribution in [0.2, 0.25) is 5.02 Å². The number of carbonyl (C=O) groups excluding carboxylic acids is 2. The van der Waals surface area contributed by atoms with Crippen LogP contribution in [0.25, 0.3) is 0 Å². The molecule has 1 fully saturated rings. The van der Waals surface area contributed by atoms with E-state index in [4.69, 9.17) is 17.3 Å². The number of hydrogen-bond donors (Lipinski definition) is 2. The van der Waals surface area contributed by atoms with Crippen LogP contribution in [0.3, 0.4) is 0 Å². The maximum atomic E-state index is 12.1. The number of benzene rings is 1. The SMILES string of the molecule is Cl.NC1CCCN(C(=O)CNC(=O)c2c(Cl)cccc2[N+](=O)[O-])C1. The number of nitro benzene ring substituents is 1. The maximum absolute atomic E-state index is 12.1. The molecule has 0 radical (unpaired) electrons. The van der Waals surface area contributed by atoms with Gasteiger partial charge < -0.3 is 16.0 Å². The number of piperidine rings is 1. The second-order valence-corrected chi connectivity index (χ2v) is 5.72. The Labute approximate surface area is 149 Å². The van der Waals surface area contributed by atoms with Crippen molar-refractivity contribution >= 4 is 41.5 Å². The van der Waals surface area contributed by atoms with Crippen molar-refractivity contribution in [3.8, 4) is 0 Å². The summed E-state index contributed by atoms with van der Waals surface area (Å²) in [5.41, 5.74) is 5.16. The minimum atomic E-state index is -0.753. The second kappa shape index (κ2) is 8.81. The van der Waals surface area contributed by atoms with Gasteiger partial charge in [-0.15, -0.1) is 12.4 Å². The molecule has 8 nitrogen and oxygen atoms in total. The Hall–Kier alpha value is -1.90. The van der Waals surface area contributed by atoms with E-state index in [0.29, 0.717) is 13.1 Å². The first-order chi connectivity index (χ1) is 10.9. The number of nitrogens with one attached hydrogen (secondary N) is 1. The summed E-state index contributed by atoms with van der Waals surface area (Å²) in [7, 11) is 0. The first-order valence-corrected chi connectivity index (χ1v) is 7.52. The monoisotopic (exact) mass is 376 g/mol. The molecular weight excluding hydrogens is 359 g/mol. The Kier molecular flexibility index (Phi) is 7.40.